The lowest BCUT2D eigenvalue weighted by molar-refractivity contribution is 0.0717. The number of rotatable bonds is 3. The first-order valence-corrected chi connectivity index (χ1v) is 10.4. The Kier molecular flexibility index (Phi) is 4.79. The Hall–Kier alpha value is -3.09. The van der Waals surface area contributed by atoms with Crippen LogP contribution < -0.4 is 9.80 Å². The molecule has 7 heteroatoms. The van der Waals surface area contributed by atoms with Crippen LogP contribution in [0.4, 0.5) is 11.6 Å². The third-order valence-corrected chi connectivity index (χ3v) is 5.84. The molecule has 0 N–H and O–H groups in total. The summed E-state index contributed by atoms with van der Waals surface area (Å²) in [7, 11) is 0. The van der Waals surface area contributed by atoms with Crippen LogP contribution in [-0.2, 0) is 0 Å². The molecule has 0 spiro atoms. The Morgan fingerprint density at radius 3 is 2.10 bits per heavy atom. The van der Waals surface area contributed by atoms with Crippen molar-refractivity contribution in [2.45, 2.75) is 19.3 Å². The predicted octanol–water partition coefficient (Wildman–Crippen LogP) is 3.18. The van der Waals surface area contributed by atoms with Gasteiger partial charge in [0.25, 0.3) is 5.91 Å². The summed E-state index contributed by atoms with van der Waals surface area (Å²) >= 11 is 0. The van der Waals surface area contributed by atoms with Crippen LogP contribution in [0.5, 0.6) is 0 Å². The Morgan fingerprint density at radius 1 is 0.793 bits per heavy atom. The highest BCUT2D eigenvalue weighted by molar-refractivity contribution is 5.96. The summed E-state index contributed by atoms with van der Waals surface area (Å²) in [5.41, 5.74) is 0.749. The number of hydrogen-bond donors (Lipinski definition) is 0. The quantitative estimate of drug-likeness (QED) is 0.683. The molecule has 3 aromatic rings. The highest BCUT2D eigenvalue weighted by Crippen LogP contribution is 2.22. The van der Waals surface area contributed by atoms with Gasteiger partial charge in [-0.1, -0.05) is 18.2 Å². The minimum Gasteiger partial charge on any atom is -0.451 e. The van der Waals surface area contributed by atoms with Crippen LogP contribution in [0.25, 0.3) is 11.0 Å². The molecule has 4 heterocycles. The number of carbonyl (C=O) groups is 1. The minimum atomic E-state index is -0.0487. The number of hydrogen-bond acceptors (Lipinski definition) is 6. The first kappa shape index (κ1) is 18.0. The molecule has 7 nitrogen and oxygen atoms in total. The highest BCUT2D eigenvalue weighted by atomic mass is 16.3. The Balaban J connectivity index is 1.21. The van der Waals surface area contributed by atoms with Crippen molar-refractivity contribution in [1.82, 2.24) is 15.1 Å². The zero-order valence-corrected chi connectivity index (χ0v) is 16.5. The molecule has 2 saturated heterocycles. The standard InChI is InChI=1S/C22H25N5O2/c28-22(19-16-17-6-2-3-7-18(17)29-19)27-14-12-26(13-15-27)21-9-8-20(23-24-21)25-10-4-1-5-11-25/h2-3,6-9,16H,1,4-5,10-15H2. The minimum absolute atomic E-state index is 0.0487. The number of piperazine rings is 1. The van der Waals surface area contributed by atoms with Crippen LogP contribution in [0, 0.1) is 0 Å². The van der Waals surface area contributed by atoms with E-state index in [1.807, 2.05) is 41.3 Å². The van der Waals surface area contributed by atoms with Gasteiger partial charge in [0, 0.05) is 44.7 Å². The maximum absolute atomic E-state index is 12.8. The van der Waals surface area contributed by atoms with Gasteiger partial charge in [-0.05, 0) is 43.5 Å². The second-order valence-corrected chi connectivity index (χ2v) is 7.73. The van der Waals surface area contributed by atoms with E-state index in [4.69, 9.17) is 4.42 Å². The molecule has 29 heavy (non-hydrogen) atoms. The van der Waals surface area contributed by atoms with Gasteiger partial charge in [-0.2, -0.15) is 0 Å². The summed E-state index contributed by atoms with van der Waals surface area (Å²) in [4.78, 5) is 19.2. The number of anilines is 2. The normalized spacial score (nSPS) is 17.7. The average Bonchev–Trinajstić information content (AvgIpc) is 3.24. The summed E-state index contributed by atoms with van der Waals surface area (Å²) in [6.07, 6.45) is 3.76. The molecule has 0 unspecified atom stereocenters. The predicted molar refractivity (Wildman–Crippen MR) is 112 cm³/mol. The number of furan rings is 1. The van der Waals surface area contributed by atoms with Crippen LogP contribution in [0.2, 0.25) is 0 Å². The second kappa shape index (κ2) is 7.73. The topological polar surface area (TPSA) is 65.7 Å². The van der Waals surface area contributed by atoms with E-state index in [1.165, 1.54) is 19.3 Å². The Labute approximate surface area is 169 Å². The van der Waals surface area contributed by atoms with Gasteiger partial charge in [0.05, 0.1) is 0 Å². The molecular weight excluding hydrogens is 366 g/mol. The Bertz CT molecular complexity index is 953. The van der Waals surface area contributed by atoms with Gasteiger partial charge in [-0.15, -0.1) is 10.2 Å². The van der Waals surface area contributed by atoms with E-state index in [0.29, 0.717) is 18.8 Å². The van der Waals surface area contributed by atoms with Gasteiger partial charge in [0.1, 0.15) is 5.58 Å². The van der Waals surface area contributed by atoms with E-state index in [0.717, 1.165) is 48.8 Å². The average molecular weight is 391 g/mol. The zero-order chi connectivity index (χ0) is 19.6. The van der Waals surface area contributed by atoms with Crippen molar-refractivity contribution < 1.29 is 9.21 Å². The van der Waals surface area contributed by atoms with E-state index in [1.54, 1.807) is 0 Å². The number of piperidine rings is 1. The lowest BCUT2D eigenvalue weighted by Crippen LogP contribution is -2.49. The molecule has 2 aliphatic rings. The van der Waals surface area contributed by atoms with Crippen LogP contribution in [0.1, 0.15) is 29.8 Å². The molecule has 0 aliphatic carbocycles. The van der Waals surface area contributed by atoms with Crippen molar-refractivity contribution >= 4 is 28.5 Å². The van der Waals surface area contributed by atoms with Gasteiger partial charge in [0.15, 0.2) is 17.4 Å². The maximum atomic E-state index is 12.8. The number of nitrogens with zero attached hydrogens (tertiary/aromatic N) is 5. The van der Waals surface area contributed by atoms with Gasteiger partial charge in [-0.3, -0.25) is 4.79 Å². The lowest BCUT2D eigenvalue weighted by atomic mass is 10.1. The summed E-state index contributed by atoms with van der Waals surface area (Å²) in [6.45, 7) is 4.90. The summed E-state index contributed by atoms with van der Waals surface area (Å²) in [6, 6.07) is 13.6. The SMILES string of the molecule is O=C(c1cc2ccccc2o1)N1CCN(c2ccc(N3CCCCC3)nn2)CC1. The summed E-state index contributed by atoms with van der Waals surface area (Å²) in [5, 5.41) is 9.85. The summed E-state index contributed by atoms with van der Waals surface area (Å²) < 4.78 is 5.73. The first-order chi connectivity index (χ1) is 14.3. The van der Waals surface area contributed by atoms with Crippen molar-refractivity contribution in [1.29, 1.82) is 0 Å². The van der Waals surface area contributed by atoms with E-state index >= 15 is 0 Å². The van der Waals surface area contributed by atoms with Crippen LogP contribution in [-0.4, -0.2) is 60.3 Å². The third-order valence-electron chi connectivity index (χ3n) is 5.84. The lowest BCUT2D eigenvalue weighted by Gasteiger charge is -2.35. The van der Waals surface area contributed by atoms with Gasteiger partial charge >= 0.3 is 0 Å². The fourth-order valence-electron chi connectivity index (χ4n) is 4.16. The molecular formula is C22H25N5O2. The third kappa shape index (κ3) is 3.64. The van der Waals surface area contributed by atoms with Crippen LogP contribution in [0.15, 0.2) is 46.9 Å². The van der Waals surface area contributed by atoms with Gasteiger partial charge in [-0.25, -0.2) is 0 Å². The molecule has 1 amide bonds. The van der Waals surface area contributed by atoms with E-state index < -0.39 is 0 Å². The smallest absolute Gasteiger partial charge is 0.289 e. The molecule has 1 aromatic carbocycles. The number of para-hydroxylation sites is 1. The van der Waals surface area contributed by atoms with Crippen molar-refractivity contribution in [3.05, 3.63) is 48.2 Å². The zero-order valence-electron chi connectivity index (χ0n) is 16.5. The number of aromatic nitrogens is 2. The summed E-state index contributed by atoms with van der Waals surface area (Å²) in [5.74, 6) is 2.20. The van der Waals surface area contributed by atoms with Gasteiger partial charge in [0.2, 0.25) is 0 Å². The van der Waals surface area contributed by atoms with Crippen molar-refractivity contribution in [2.75, 3.05) is 49.1 Å². The number of amides is 1. The molecule has 150 valence electrons. The maximum Gasteiger partial charge on any atom is 0.289 e. The molecule has 0 radical (unpaired) electrons. The molecule has 2 aliphatic heterocycles. The fraction of sp³-hybridized carbons (Fsp3) is 0.409. The van der Waals surface area contributed by atoms with Crippen LogP contribution in [0.3, 0.4) is 0 Å². The van der Waals surface area contributed by atoms with Crippen molar-refractivity contribution in [2.24, 2.45) is 0 Å². The fourth-order valence-corrected chi connectivity index (χ4v) is 4.16. The molecule has 5 rings (SSSR count). The number of fused-ring (bicyclic) bond motifs is 1. The van der Waals surface area contributed by atoms with Crippen LogP contribution >= 0.6 is 0 Å². The molecule has 0 atom stereocenters. The van der Waals surface area contributed by atoms with Gasteiger partial charge < -0.3 is 19.1 Å². The Morgan fingerprint density at radius 2 is 1.45 bits per heavy atom. The van der Waals surface area contributed by atoms with E-state index in [2.05, 4.69) is 26.1 Å². The molecule has 0 saturated carbocycles. The second-order valence-electron chi connectivity index (χ2n) is 7.73. The van der Waals surface area contributed by atoms with Crippen molar-refractivity contribution in [3.63, 3.8) is 0 Å². The molecule has 2 fully saturated rings. The monoisotopic (exact) mass is 391 g/mol. The van der Waals surface area contributed by atoms with E-state index in [9.17, 15) is 4.79 Å². The highest BCUT2D eigenvalue weighted by Gasteiger charge is 2.25. The van der Waals surface area contributed by atoms with E-state index in [-0.39, 0.29) is 5.91 Å². The largest absolute Gasteiger partial charge is 0.451 e. The van der Waals surface area contributed by atoms with Crippen molar-refractivity contribution in [3.8, 4) is 0 Å². The number of carbonyl (C=O) groups excluding carboxylic acids is 1. The number of benzene rings is 1. The molecule has 0 bridgehead atoms. The first-order valence-electron chi connectivity index (χ1n) is 10.4. The molecule has 2 aromatic heterocycles.